The summed E-state index contributed by atoms with van der Waals surface area (Å²) in [5, 5.41) is 15.0. The molecule has 0 spiro atoms. The van der Waals surface area contributed by atoms with Crippen molar-refractivity contribution in [2.45, 2.75) is 20.0 Å². The molecule has 12 heteroatoms. The van der Waals surface area contributed by atoms with Gasteiger partial charge in [-0.3, -0.25) is 10.1 Å². The summed E-state index contributed by atoms with van der Waals surface area (Å²) in [6, 6.07) is 3.06. The van der Waals surface area contributed by atoms with Gasteiger partial charge in [-0.15, -0.1) is 0 Å². The molecule has 2 aromatic rings. The smallest absolute Gasteiger partial charge is 0.313 e. The lowest BCUT2D eigenvalue weighted by Crippen LogP contribution is -2.29. The van der Waals surface area contributed by atoms with Crippen LogP contribution in [0, 0.1) is 10.1 Å². The van der Waals surface area contributed by atoms with Crippen molar-refractivity contribution in [3.63, 3.8) is 0 Å². The zero-order valence-electron chi connectivity index (χ0n) is 23.2. The SMILES string of the molecule is C=C1/C=C(F)\C=C/CN(C)/C=C\1c1ccnc(Nc2cc([N+](=O)[O-])c(N(C)CCN(C)C)nc2OC(C)C)n1. The summed E-state index contributed by atoms with van der Waals surface area (Å²) in [7, 11) is 7.46. The number of hydrogen-bond acceptors (Lipinski definition) is 10. The van der Waals surface area contributed by atoms with Gasteiger partial charge in [-0.25, -0.2) is 14.4 Å². The number of pyridine rings is 1. The molecular formula is C27H35FN8O3. The summed E-state index contributed by atoms with van der Waals surface area (Å²) < 4.78 is 20.1. The largest absolute Gasteiger partial charge is 0.473 e. The first-order valence-corrected chi connectivity index (χ1v) is 12.4. The number of ether oxygens (including phenoxy) is 1. The lowest BCUT2D eigenvalue weighted by Gasteiger charge is -2.22. The number of allylic oxidation sites excluding steroid dienone is 5. The van der Waals surface area contributed by atoms with Crippen LogP contribution < -0.4 is 15.0 Å². The van der Waals surface area contributed by atoms with E-state index >= 15 is 0 Å². The van der Waals surface area contributed by atoms with Crippen molar-refractivity contribution < 1.29 is 14.1 Å². The number of nitrogens with one attached hydrogen (secondary N) is 1. The lowest BCUT2D eigenvalue weighted by molar-refractivity contribution is -0.384. The highest BCUT2D eigenvalue weighted by molar-refractivity contribution is 5.80. The second-order valence-corrected chi connectivity index (χ2v) is 9.66. The van der Waals surface area contributed by atoms with Gasteiger partial charge in [-0.2, -0.15) is 4.98 Å². The minimum atomic E-state index is -0.479. The van der Waals surface area contributed by atoms with Crippen molar-refractivity contribution in [2.75, 3.05) is 58.0 Å². The Bertz CT molecular complexity index is 1310. The maximum absolute atomic E-state index is 14.2. The number of anilines is 3. The van der Waals surface area contributed by atoms with Gasteiger partial charge < -0.3 is 24.8 Å². The lowest BCUT2D eigenvalue weighted by atomic mass is 10.0. The molecule has 11 nitrogen and oxygen atoms in total. The molecule has 0 fully saturated rings. The first-order valence-electron chi connectivity index (χ1n) is 12.4. The van der Waals surface area contributed by atoms with Crippen LogP contribution in [0.4, 0.5) is 27.5 Å². The van der Waals surface area contributed by atoms with Crippen LogP contribution in [0.25, 0.3) is 5.57 Å². The van der Waals surface area contributed by atoms with Gasteiger partial charge in [-0.1, -0.05) is 12.7 Å². The Balaban J connectivity index is 2.03. The molecule has 0 atom stereocenters. The Morgan fingerprint density at radius 1 is 1.28 bits per heavy atom. The molecule has 208 valence electrons. The van der Waals surface area contributed by atoms with Gasteiger partial charge in [0.2, 0.25) is 17.6 Å². The molecule has 1 aliphatic heterocycles. The first kappa shape index (κ1) is 29.2. The number of rotatable bonds is 10. The van der Waals surface area contributed by atoms with Crippen molar-refractivity contribution in [3.8, 4) is 5.88 Å². The minimum Gasteiger partial charge on any atom is -0.473 e. The molecule has 3 heterocycles. The third kappa shape index (κ3) is 8.08. The van der Waals surface area contributed by atoms with Crippen LogP contribution in [0.1, 0.15) is 19.5 Å². The topological polar surface area (TPSA) is 113 Å². The average Bonchev–Trinajstić information content (AvgIpc) is 2.91. The first-order chi connectivity index (χ1) is 18.4. The fourth-order valence-electron chi connectivity index (χ4n) is 3.65. The van der Waals surface area contributed by atoms with E-state index < -0.39 is 10.8 Å². The van der Waals surface area contributed by atoms with E-state index in [1.54, 1.807) is 24.1 Å². The Hall–Kier alpha value is -4.32. The van der Waals surface area contributed by atoms with E-state index in [2.05, 4.69) is 26.8 Å². The van der Waals surface area contributed by atoms with Crippen molar-refractivity contribution in [3.05, 3.63) is 76.5 Å². The van der Waals surface area contributed by atoms with Crippen LogP contribution in [0.15, 0.2) is 60.7 Å². The van der Waals surface area contributed by atoms with Crippen LogP contribution in [-0.4, -0.2) is 83.6 Å². The summed E-state index contributed by atoms with van der Waals surface area (Å²) >= 11 is 0. The summed E-state index contributed by atoms with van der Waals surface area (Å²) in [4.78, 5) is 30.5. The normalized spacial score (nSPS) is 17.5. The third-order valence-corrected chi connectivity index (χ3v) is 5.59. The van der Waals surface area contributed by atoms with Crippen LogP contribution in [0.2, 0.25) is 0 Å². The molecule has 1 N–H and O–H groups in total. The molecule has 0 unspecified atom stereocenters. The zero-order chi connectivity index (χ0) is 28.7. The van der Waals surface area contributed by atoms with E-state index in [0.717, 1.165) is 0 Å². The van der Waals surface area contributed by atoms with E-state index in [0.29, 0.717) is 36.5 Å². The molecule has 39 heavy (non-hydrogen) atoms. The second-order valence-electron chi connectivity index (χ2n) is 9.66. The number of hydrogen-bond donors (Lipinski definition) is 1. The van der Waals surface area contributed by atoms with Gasteiger partial charge >= 0.3 is 5.69 Å². The average molecular weight is 539 g/mol. The molecule has 0 amide bonds. The van der Waals surface area contributed by atoms with E-state index in [4.69, 9.17) is 4.74 Å². The number of aromatic nitrogens is 3. The van der Waals surface area contributed by atoms with Crippen LogP contribution in [0.3, 0.4) is 0 Å². The molecule has 0 radical (unpaired) electrons. The molecule has 2 aromatic heterocycles. The fourth-order valence-corrected chi connectivity index (χ4v) is 3.65. The van der Waals surface area contributed by atoms with Gasteiger partial charge in [0, 0.05) is 57.8 Å². The maximum atomic E-state index is 14.2. The highest BCUT2D eigenvalue weighted by Gasteiger charge is 2.25. The van der Waals surface area contributed by atoms with E-state index in [9.17, 15) is 14.5 Å². The molecule has 0 aromatic carbocycles. The maximum Gasteiger partial charge on any atom is 0.313 e. The quantitative estimate of drug-likeness (QED) is 0.341. The number of likely N-dealkylation sites (N-methyl/N-ethyl adjacent to an activating group) is 3. The molecule has 1 aliphatic rings. The van der Waals surface area contributed by atoms with Gasteiger partial charge in [-0.05, 0) is 51.7 Å². The standard InChI is InChI=1S/C27H35FN8O3/c1-18(2)39-26-23(16-24(36(37)38)25(32-26)35(7)14-13-33(4)5)31-27-29-11-10-22(30-27)21-17-34(6)12-8-9-20(28)15-19(21)3/h8-11,15-18H,3,12-14H2,1-2,4-7H3,(H,29,30,31)/b9-8-,20-15+,21-17+. The Kier molecular flexibility index (Phi) is 9.72. The molecule has 0 saturated heterocycles. The van der Waals surface area contributed by atoms with Crippen LogP contribution in [0.5, 0.6) is 5.88 Å². The predicted octanol–water partition coefficient (Wildman–Crippen LogP) is 4.56. The summed E-state index contributed by atoms with van der Waals surface area (Å²) in [6.07, 6.45) is 7.56. The molecule has 0 aliphatic carbocycles. The van der Waals surface area contributed by atoms with Crippen molar-refractivity contribution in [1.82, 2.24) is 24.8 Å². The van der Waals surface area contributed by atoms with E-state index in [1.165, 1.54) is 24.4 Å². The zero-order valence-corrected chi connectivity index (χ0v) is 23.2. The van der Waals surface area contributed by atoms with E-state index in [-0.39, 0.29) is 35.1 Å². The molecule has 0 saturated carbocycles. The second kappa shape index (κ2) is 13.0. The van der Waals surface area contributed by atoms with Crippen molar-refractivity contribution >= 4 is 28.7 Å². The predicted molar refractivity (Wildman–Crippen MR) is 152 cm³/mol. The van der Waals surface area contributed by atoms with Gasteiger partial charge in [0.15, 0.2) is 0 Å². The highest BCUT2D eigenvalue weighted by Crippen LogP contribution is 2.36. The van der Waals surface area contributed by atoms with Crippen molar-refractivity contribution in [1.29, 1.82) is 0 Å². The molecule has 3 rings (SSSR count). The monoisotopic (exact) mass is 538 g/mol. The van der Waals surface area contributed by atoms with Gasteiger partial charge in [0.25, 0.3) is 0 Å². The summed E-state index contributed by atoms with van der Waals surface area (Å²) in [5.74, 6) is 0.108. The molecular weight excluding hydrogens is 503 g/mol. The van der Waals surface area contributed by atoms with Crippen LogP contribution in [-0.2, 0) is 0 Å². The number of nitrogens with zero attached hydrogens (tertiary/aromatic N) is 7. The Morgan fingerprint density at radius 3 is 2.69 bits per heavy atom. The molecule has 0 bridgehead atoms. The van der Waals surface area contributed by atoms with Crippen LogP contribution >= 0.6 is 0 Å². The summed E-state index contributed by atoms with van der Waals surface area (Å²) in [5.41, 5.74) is 1.58. The third-order valence-electron chi connectivity index (χ3n) is 5.59. The van der Waals surface area contributed by atoms with Gasteiger partial charge in [0.05, 0.1) is 16.7 Å². The van der Waals surface area contributed by atoms with Gasteiger partial charge in [0.1, 0.15) is 11.5 Å². The number of halogens is 1. The Morgan fingerprint density at radius 2 is 2.03 bits per heavy atom. The minimum absolute atomic E-state index is 0.157. The number of nitro groups is 1. The van der Waals surface area contributed by atoms with E-state index in [1.807, 2.05) is 51.0 Å². The summed E-state index contributed by atoms with van der Waals surface area (Å²) in [6.45, 7) is 9.39. The van der Waals surface area contributed by atoms with Crippen molar-refractivity contribution in [2.24, 2.45) is 0 Å². The highest BCUT2D eigenvalue weighted by atomic mass is 19.1. The Labute approximate surface area is 228 Å². The fraction of sp³-hybridized carbons (Fsp3) is 0.370.